The first-order chi connectivity index (χ1) is 11.9. The smallest absolute Gasteiger partial charge is 0.417 e. The van der Waals surface area contributed by atoms with E-state index in [1.54, 1.807) is 25.4 Å². The molecule has 2 aromatic heterocycles. The zero-order valence-electron chi connectivity index (χ0n) is 13.0. The second-order valence-electron chi connectivity index (χ2n) is 5.15. The number of ether oxygens (including phenoxy) is 1. The molecule has 0 saturated heterocycles. The fraction of sp³-hybridized carbons (Fsp3) is 0.188. The van der Waals surface area contributed by atoms with Crippen molar-refractivity contribution in [3.8, 4) is 17.3 Å². The second-order valence-corrected chi connectivity index (χ2v) is 6.06. The van der Waals surface area contributed by atoms with Crippen LogP contribution in [0.1, 0.15) is 11.4 Å². The number of hydrogen-bond donors (Lipinski definition) is 0. The Morgan fingerprint density at radius 1 is 1.12 bits per heavy atom. The zero-order chi connectivity index (χ0) is 18.0. The van der Waals surface area contributed by atoms with E-state index in [9.17, 15) is 13.2 Å². The molecule has 130 valence electrons. The van der Waals surface area contributed by atoms with Crippen LogP contribution in [0.3, 0.4) is 0 Å². The number of halogens is 4. The summed E-state index contributed by atoms with van der Waals surface area (Å²) in [6.07, 6.45) is -2.89. The summed E-state index contributed by atoms with van der Waals surface area (Å²) in [5, 5.41) is 7.82. The van der Waals surface area contributed by atoms with E-state index in [4.69, 9.17) is 4.74 Å². The Morgan fingerprint density at radius 2 is 1.88 bits per heavy atom. The number of pyridine rings is 1. The van der Waals surface area contributed by atoms with Gasteiger partial charge in [-0.15, -0.1) is 10.2 Å². The Labute approximate surface area is 149 Å². The lowest BCUT2D eigenvalue weighted by Gasteiger charge is -2.12. The van der Waals surface area contributed by atoms with Gasteiger partial charge in [-0.3, -0.25) is 0 Å². The van der Waals surface area contributed by atoms with E-state index < -0.39 is 11.7 Å². The van der Waals surface area contributed by atoms with Gasteiger partial charge in [0.1, 0.15) is 6.61 Å². The highest BCUT2D eigenvalue weighted by Gasteiger charge is 2.34. The van der Waals surface area contributed by atoms with E-state index >= 15 is 0 Å². The molecule has 0 radical (unpaired) electrons. The average molecular weight is 413 g/mol. The maximum absolute atomic E-state index is 13.2. The maximum Gasteiger partial charge on any atom is 0.417 e. The SMILES string of the molecule is Cn1c(COc2ccc(Br)cn2)nnc1-c1ccccc1C(F)(F)F. The molecular formula is C16H12BrF3N4O. The first-order valence-electron chi connectivity index (χ1n) is 7.15. The molecule has 3 aromatic rings. The molecule has 0 atom stereocenters. The molecule has 3 rings (SSSR count). The van der Waals surface area contributed by atoms with E-state index in [1.807, 2.05) is 0 Å². The summed E-state index contributed by atoms with van der Waals surface area (Å²) in [5.74, 6) is 0.885. The third-order valence-corrected chi connectivity index (χ3v) is 3.96. The van der Waals surface area contributed by atoms with Gasteiger partial charge >= 0.3 is 6.18 Å². The molecule has 5 nitrogen and oxygen atoms in total. The minimum atomic E-state index is -4.47. The maximum atomic E-state index is 13.2. The van der Waals surface area contributed by atoms with Crippen LogP contribution >= 0.6 is 15.9 Å². The van der Waals surface area contributed by atoms with Gasteiger partial charge in [-0.1, -0.05) is 18.2 Å². The highest BCUT2D eigenvalue weighted by molar-refractivity contribution is 9.10. The second kappa shape index (κ2) is 6.83. The summed E-state index contributed by atoms with van der Waals surface area (Å²) in [6.45, 7) is 0.0340. The van der Waals surface area contributed by atoms with Crippen molar-refractivity contribution in [2.45, 2.75) is 12.8 Å². The fourth-order valence-electron chi connectivity index (χ4n) is 2.23. The molecule has 2 heterocycles. The lowest BCUT2D eigenvalue weighted by molar-refractivity contribution is -0.137. The molecule has 0 aliphatic rings. The molecule has 0 N–H and O–H groups in total. The fourth-order valence-corrected chi connectivity index (χ4v) is 2.47. The van der Waals surface area contributed by atoms with E-state index in [1.165, 1.54) is 22.8 Å². The number of hydrogen-bond acceptors (Lipinski definition) is 4. The Kier molecular flexibility index (Phi) is 4.76. The standard InChI is InChI=1S/C16H12BrF3N4O/c1-24-13(9-25-14-7-6-10(17)8-21-14)22-23-15(24)11-4-2-3-5-12(11)16(18,19)20/h2-8H,9H2,1H3. The Morgan fingerprint density at radius 3 is 2.56 bits per heavy atom. The summed E-state index contributed by atoms with van der Waals surface area (Å²) in [6, 6.07) is 8.69. The third-order valence-electron chi connectivity index (χ3n) is 3.49. The predicted octanol–water partition coefficient (Wildman–Crippen LogP) is 4.24. The van der Waals surface area contributed by atoms with Crippen molar-refractivity contribution in [2.75, 3.05) is 0 Å². The summed E-state index contributed by atoms with van der Waals surface area (Å²) in [4.78, 5) is 4.06. The first kappa shape index (κ1) is 17.4. The van der Waals surface area contributed by atoms with Crippen LogP contribution in [0, 0.1) is 0 Å². The molecule has 0 aliphatic carbocycles. The Hall–Kier alpha value is -2.42. The van der Waals surface area contributed by atoms with Gasteiger partial charge in [0.25, 0.3) is 0 Å². The molecule has 25 heavy (non-hydrogen) atoms. The largest absolute Gasteiger partial charge is 0.469 e. The van der Waals surface area contributed by atoms with Crippen LogP contribution in [0.2, 0.25) is 0 Å². The summed E-state index contributed by atoms with van der Waals surface area (Å²) in [5.41, 5.74) is -0.787. The highest BCUT2D eigenvalue weighted by Crippen LogP contribution is 2.36. The molecule has 0 bridgehead atoms. The van der Waals surface area contributed by atoms with Crippen LogP contribution in [0.25, 0.3) is 11.4 Å². The molecule has 9 heteroatoms. The van der Waals surface area contributed by atoms with Crippen LogP contribution in [-0.2, 0) is 19.8 Å². The normalized spacial score (nSPS) is 11.6. The predicted molar refractivity (Wildman–Crippen MR) is 87.7 cm³/mol. The van der Waals surface area contributed by atoms with Gasteiger partial charge in [-0.2, -0.15) is 13.2 Å². The van der Waals surface area contributed by atoms with E-state index in [2.05, 4.69) is 31.1 Å². The molecule has 0 spiro atoms. The van der Waals surface area contributed by atoms with Crippen molar-refractivity contribution in [1.29, 1.82) is 0 Å². The van der Waals surface area contributed by atoms with Crippen LogP contribution in [0.5, 0.6) is 5.88 Å². The third kappa shape index (κ3) is 3.81. The molecule has 1 aromatic carbocycles. The average Bonchev–Trinajstić information content (AvgIpc) is 2.94. The summed E-state index contributed by atoms with van der Waals surface area (Å²) >= 11 is 3.27. The van der Waals surface area contributed by atoms with Gasteiger partial charge in [-0.25, -0.2) is 4.98 Å². The first-order valence-corrected chi connectivity index (χ1v) is 7.95. The van der Waals surface area contributed by atoms with Gasteiger partial charge in [0, 0.05) is 29.3 Å². The van der Waals surface area contributed by atoms with Gasteiger partial charge in [-0.05, 0) is 28.1 Å². The Balaban J connectivity index is 1.86. The highest BCUT2D eigenvalue weighted by atomic mass is 79.9. The monoisotopic (exact) mass is 412 g/mol. The van der Waals surface area contributed by atoms with Crippen molar-refractivity contribution < 1.29 is 17.9 Å². The van der Waals surface area contributed by atoms with E-state index in [0.29, 0.717) is 11.7 Å². The van der Waals surface area contributed by atoms with Crippen LogP contribution in [0.4, 0.5) is 13.2 Å². The van der Waals surface area contributed by atoms with Crippen molar-refractivity contribution in [1.82, 2.24) is 19.7 Å². The van der Waals surface area contributed by atoms with Crippen LogP contribution in [0.15, 0.2) is 47.1 Å². The zero-order valence-corrected chi connectivity index (χ0v) is 14.5. The van der Waals surface area contributed by atoms with Crippen LogP contribution < -0.4 is 4.74 Å². The topological polar surface area (TPSA) is 52.8 Å². The van der Waals surface area contributed by atoms with Gasteiger partial charge < -0.3 is 9.30 Å². The van der Waals surface area contributed by atoms with Crippen molar-refractivity contribution in [2.24, 2.45) is 7.05 Å². The number of aromatic nitrogens is 4. The van der Waals surface area contributed by atoms with Gasteiger partial charge in [0.05, 0.1) is 5.56 Å². The molecule has 0 fully saturated rings. The number of alkyl halides is 3. The summed E-state index contributed by atoms with van der Waals surface area (Å²) in [7, 11) is 1.59. The van der Waals surface area contributed by atoms with Crippen molar-refractivity contribution in [3.63, 3.8) is 0 Å². The number of benzene rings is 1. The molecular weight excluding hydrogens is 401 g/mol. The van der Waals surface area contributed by atoms with Gasteiger partial charge in [0.15, 0.2) is 11.6 Å². The molecule has 0 amide bonds. The number of nitrogens with zero attached hydrogens (tertiary/aromatic N) is 4. The number of rotatable bonds is 4. The quantitative estimate of drug-likeness (QED) is 0.642. The molecule has 0 saturated carbocycles. The van der Waals surface area contributed by atoms with E-state index in [-0.39, 0.29) is 18.0 Å². The van der Waals surface area contributed by atoms with Gasteiger partial charge in [0.2, 0.25) is 5.88 Å². The minimum absolute atomic E-state index is 0.0296. The minimum Gasteiger partial charge on any atom is -0.469 e. The van der Waals surface area contributed by atoms with E-state index in [0.717, 1.165) is 10.5 Å². The Bertz CT molecular complexity index is 878. The lowest BCUT2D eigenvalue weighted by Crippen LogP contribution is -2.09. The van der Waals surface area contributed by atoms with Crippen molar-refractivity contribution in [3.05, 3.63) is 58.5 Å². The van der Waals surface area contributed by atoms with Crippen LogP contribution in [-0.4, -0.2) is 19.7 Å². The summed E-state index contributed by atoms with van der Waals surface area (Å²) < 4.78 is 47.3. The molecule has 0 unspecified atom stereocenters. The lowest BCUT2D eigenvalue weighted by atomic mass is 10.1. The molecule has 0 aliphatic heterocycles. The van der Waals surface area contributed by atoms with Crippen molar-refractivity contribution >= 4 is 15.9 Å².